The van der Waals surface area contributed by atoms with E-state index >= 15 is 0 Å². The van der Waals surface area contributed by atoms with Crippen LogP contribution in [0.25, 0.3) is 0 Å². The monoisotopic (exact) mass is 246 g/mol. The standard InChI is InChI=1S/C14H15O2P/c1-16-13-10-6-7-11-14(13)17(2,15)12-8-4-3-5-9-12/h3-11H,1-2H3/t17-/m0/s1. The Kier molecular flexibility index (Phi) is 3.35. The van der Waals surface area contributed by atoms with Crippen molar-refractivity contribution in [2.24, 2.45) is 0 Å². The summed E-state index contributed by atoms with van der Waals surface area (Å²) in [5.74, 6) is 0.683. The van der Waals surface area contributed by atoms with Gasteiger partial charge in [-0.1, -0.05) is 42.5 Å². The molecule has 0 aliphatic carbocycles. The van der Waals surface area contributed by atoms with Gasteiger partial charge in [-0.15, -0.1) is 0 Å². The normalized spacial score (nSPS) is 14.0. The van der Waals surface area contributed by atoms with Crippen molar-refractivity contribution < 1.29 is 9.30 Å². The number of hydrogen-bond donors (Lipinski definition) is 0. The van der Waals surface area contributed by atoms with E-state index < -0.39 is 7.14 Å². The third kappa shape index (κ3) is 2.27. The molecule has 0 unspecified atom stereocenters. The highest BCUT2D eigenvalue weighted by atomic mass is 31.2. The Hall–Kier alpha value is -1.53. The van der Waals surface area contributed by atoms with E-state index in [-0.39, 0.29) is 0 Å². The van der Waals surface area contributed by atoms with Crippen LogP contribution < -0.4 is 15.3 Å². The van der Waals surface area contributed by atoms with Crippen LogP contribution in [0.3, 0.4) is 0 Å². The zero-order valence-corrected chi connectivity index (χ0v) is 10.9. The third-order valence-electron chi connectivity index (χ3n) is 2.79. The number of para-hydroxylation sites is 1. The summed E-state index contributed by atoms with van der Waals surface area (Å²) >= 11 is 0. The molecule has 2 rings (SSSR count). The van der Waals surface area contributed by atoms with Crippen molar-refractivity contribution in [3.8, 4) is 5.75 Å². The molecule has 3 heteroatoms. The molecule has 88 valence electrons. The van der Waals surface area contributed by atoms with Crippen molar-refractivity contribution in [1.29, 1.82) is 0 Å². The van der Waals surface area contributed by atoms with Crippen LogP contribution >= 0.6 is 7.14 Å². The first-order valence-corrected chi connectivity index (χ1v) is 7.58. The Morgan fingerprint density at radius 1 is 0.941 bits per heavy atom. The zero-order chi connectivity index (χ0) is 12.3. The second-order valence-electron chi connectivity index (χ2n) is 3.93. The van der Waals surface area contributed by atoms with Gasteiger partial charge >= 0.3 is 0 Å². The van der Waals surface area contributed by atoms with Crippen molar-refractivity contribution in [3.05, 3.63) is 54.6 Å². The van der Waals surface area contributed by atoms with E-state index in [1.54, 1.807) is 13.8 Å². The van der Waals surface area contributed by atoms with Gasteiger partial charge in [-0.3, -0.25) is 0 Å². The largest absolute Gasteiger partial charge is 0.496 e. The first kappa shape index (κ1) is 11.9. The van der Waals surface area contributed by atoms with Gasteiger partial charge in [-0.05, 0) is 18.8 Å². The molecule has 0 spiro atoms. The predicted octanol–water partition coefficient (Wildman–Crippen LogP) is 2.64. The van der Waals surface area contributed by atoms with E-state index in [9.17, 15) is 4.57 Å². The molecule has 0 aliphatic rings. The summed E-state index contributed by atoms with van der Waals surface area (Å²) in [5.41, 5.74) is 0. The zero-order valence-electron chi connectivity index (χ0n) is 9.96. The SMILES string of the molecule is COc1ccccc1[P@@](C)(=O)c1ccccc1. The minimum atomic E-state index is -2.58. The Labute approximate surface area is 102 Å². The van der Waals surface area contributed by atoms with Crippen LogP contribution in [0.1, 0.15) is 0 Å². The highest BCUT2D eigenvalue weighted by Gasteiger charge is 2.24. The van der Waals surface area contributed by atoms with E-state index in [4.69, 9.17) is 4.74 Å². The number of benzene rings is 2. The fourth-order valence-electron chi connectivity index (χ4n) is 1.83. The van der Waals surface area contributed by atoms with Crippen LogP contribution in [0.5, 0.6) is 5.75 Å². The minimum absolute atomic E-state index is 0.683. The van der Waals surface area contributed by atoms with Gasteiger partial charge in [-0.25, -0.2) is 0 Å². The van der Waals surface area contributed by atoms with Crippen LogP contribution in [0.15, 0.2) is 54.6 Å². The lowest BCUT2D eigenvalue weighted by molar-refractivity contribution is 0.418. The lowest BCUT2D eigenvalue weighted by atomic mass is 10.3. The maximum absolute atomic E-state index is 12.9. The molecule has 0 N–H and O–H groups in total. The van der Waals surface area contributed by atoms with Crippen LogP contribution in [-0.4, -0.2) is 13.8 Å². The maximum Gasteiger partial charge on any atom is 0.143 e. The number of ether oxygens (including phenoxy) is 1. The van der Waals surface area contributed by atoms with Crippen LogP contribution in [-0.2, 0) is 4.57 Å². The summed E-state index contributed by atoms with van der Waals surface area (Å²) in [4.78, 5) is 0. The molecule has 0 radical (unpaired) electrons. The molecular weight excluding hydrogens is 231 g/mol. The maximum atomic E-state index is 12.9. The van der Waals surface area contributed by atoms with E-state index in [0.717, 1.165) is 10.6 Å². The summed E-state index contributed by atoms with van der Waals surface area (Å²) in [7, 11) is -0.975. The molecule has 1 atom stereocenters. The molecule has 2 aromatic carbocycles. The first-order valence-electron chi connectivity index (χ1n) is 5.43. The summed E-state index contributed by atoms with van der Waals surface area (Å²) in [6.07, 6.45) is 0. The molecular formula is C14H15O2P. The molecule has 0 saturated carbocycles. The Morgan fingerprint density at radius 3 is 2.18 bits per heavy atom. The van der Waals surface area contributed by atoms with E-state index in [1.165, 1.54) is 0 Å². The summed E-state index contributed by atoms with van der Waals surface area (Å²) in [5, 5.41) is 1.62. The molecule has 17 heavy (non-hydrogen) atoms. The first-order chi connectivity index (χ1) is 8.16. The fourth-order valence-corrected chi connectivity index (χ4v) is 3.81. The molecule has 0 heterocycles. The molecule has 0 aliphatic heterocycles. The average Bonchev–Trinajstić information content (AvgIpc) is 2.39. The predicted molar refractivity (Wildman–Crippen MR) is 72.2 cm³/mol. The van der Waals surface area contributed by atoms with E-state index in [2.05, 4.69) is 0 Å². The minimum Gasteiger partial charge on any atom is -0.496 e. The molecule has 2 nitrogen and oxygen atoms in total. The fraction of sp³-hybridized carbons (Fsp3) is 0.143. The van der Waals surface area contributed by atoms with Crippen molar-refractivity contribution in [2.75, 3.05) is 13.8 Å². The Morgan fingerprint density at radius 2 is 1.53 bits per heavy atom. The second-order valence-corrected chi connectivity index (χ2v) is 6.78. The van der Waals surface area contributed by atoms with Gasteiger partial charge in [0.15, 0.2) is 0 Å². The van der Waals surface area contributed by atoms with E-state index in [0.29, 0.717) is 5.75 Å². The second kappa shape index (κ2) is 4.77. The van der Waals surface area contributed by atoms with E-state index in [1.807, 2.05) is 54.6 Å². The topological polar surface area (TPSA) is 26.3 Å². The van der Waals surface area contributed by atoms with Gasteiger partial charge in [0.2, 0.25) is 0 Å². The summed E-state index contributed by atoms with van der Waals surface area (Å²) < 4.78 is 18.2. The summed E-state index contributed by atoms with van der Waals surface area (Å²) in [6.45, 7) is 1.78. The lowest BCUT2D eigenvalue weighted by Crippen LogP contribution is -2.16. The molecule has 0 aromatic heterocycles. The van der Waals surface area contributed by atoms with Gasteiger partial charge in [0.25, 0.3) is 0 Å². The van der Waals surface area contributed by atoms with Crippen LogP contribution in [0.4, 0.5) is 0 Å². The number of rotatable bonds is 3. The van der Waals surface area contributed by atoms with Crippen LogP contribution in [0.2, 0.25) is 0 Å². The lowest BCUT2D eigenvalue weighted by Gasteiger charge is -2.16. The summed E-state index contributed by atoms with van der Waals surface area (Å²) in [6, 6.07) is 17.0. The Bertz CT molecular complexity index is 549. The average molecular weight is 246 g/mol. The van der Waals surface area contributed by atoms with Gasteiger partial charge in [-0.2, -0.15) is 0 Å². The van der Waals surface area contributed by atoms with Gasteiger partial charge in [0.05, 0.1) is 12.4 Å². The Balaban J connectivity index is 2.56. The highest BCUT2D eigenvalue weighted by Crippen LogP contribution is 2.41. The molecule has 0 fully saturated rings. The molecule has 0 bridgehead atoms. The highest BCUT2D eigenvalue weighted by molar-refractivity contribution is 7.78. The van der Waals surface area contributed by atoms with Crippen molar-refractivity contribution in [1.82, 2.24) is 0 Å². The van der Waals surface area contributed by atoms with Gasteiger partial charge in [0.1, 0.15) is 12.9 Å². The molecule has 0 amide bonds. The van der Waals surface area contributed by atoms with Crippen LogP contribution in [0, 0.1) is 0 Å². The van der Waals surface area contributed by atoms with Crippen molar-refractivity contribution >= 4 is 17.8 Å². The molecule has 0 saturated heterocycles. The quantitative estimate of drug-likeness (QED) is 0.778. The molecule has 2 aromatic rings. The third-order valence-corrected chi connectivity index (χ3v) is 5.37. The van der Waals surface area contributed by atoms with Gasteiger partial charge in [0, 0.05) is 5.30 Å². The van der Waals surface area contributed by atoms with Crippen molar-refractivity contribution in [3.63, 3.8) is 0 Å². The van der Waals surface area contributed by atoms with Crippen molar-refractivity contribution in [2.45, 2.75) is 0 Å². The number of methoxy groups -OCH3 is 1. The van der Waals surface area contributed by atoms with Gasteiger partial charge < -0.3 is 9.30 Å². The smallest absolute Gasteiger partial charge is 0.143 e. The number of hydrogen-bond acceptors (Lipinski definition) is 2.